The third-order valence-corrected chi connectivity index (χ3v) is 4.97. The lowest BCUT2D eigenvalue weighted by Crippen LogP contribution is -2.52. The maximum absolute atomic E-state index is 10.8. The van der Waals surface area contributed by atoms with Gasteiger partial charge in [0.05, 0.1) is 20.6 Å². The molecule has 0 saturated heterocycles. The van der Waals surface area contributed by atoms with Gasteiger partial charge in [-0.25, -0.2) is 0 Å². The van der Waals surface area contributed by atoms with Crippen molar-refractivity contribution < 1.29 is 22.6 Å². The molecular weight excluding hydrogens is 302 g/mol. The van der Waals surface area contributed by atoms with E-state index in [-0.39, 0.29) is 4.48 Å². The van der Waals surface area contributed by atoms with Crippen molar-refractivity contribution in [2.75, 3.05) is 26.4 Å². The van der Waals surface area contributed by atoms with Crippen LogP contribution in [-0.4, -0.2) is 55.2 Å². The van der Waals surface area contributed by atoms with Gasteiger partial charge >= 0.3 is 0 Å². The highest BCUT2D eigenvalue weighted by atomic mass is 32.2. The van der Waals surface area contributed by atoms with E-state index in [1.807, 2.05) is 0 Å². The van der Waals surface area contributed by atoms with Crippen molar-refractivity contribution in [3.63, 3.8) is 0 Å². The number of aliphatic hydroxyl groups is 1. The molecule has 0 saturated carbocycles. The lowest BCUT2D eigenvalue weighted by Gasteiger charge is -2.34. The summed E-state index contributed by atoms with van der Waals surface area (Å²) in [4.78, 5) is 0. The molecule has 0 aromatic heterocycles. The van der Waals surface area contributed by atoms with Crippen molar-refractivity contribution in [1.82, 2.24) is 0 Å². The van der Waals surface area contributed by atoms with Crippen molar-refractivity contribution in [3.05, 3.63) is 0 Å². The molecule has 2 N–H and O–H groups in total. The van der Waals surface area contributed by atoms with Crippen LogP contribution in [0.3, 0.4) is 0 Å². The molecule has 0 amide bonds. The van der Waals surface area contributed by atoms with Gasteiger partial charge in [0.2, 0.25) is 6.23 Å². The molecule has 1 unspecified atom stereocenters. The second-order valence-electron chi connectivity index (χ2n) is 6.91. The maximum Gasteiger partial charge on any atom is 0.273 e. The second-order valence-corrected chi connectivity index (χ2v) is 8.41. The Kier molecular flexibility index (Phi) is 11.3. The molecule has 0 rings (SSSR count). The Balaban J connectivity index is 3.64. The van der Waals surface area contributed by atoms with E-state index in [0.29, 0.717) is 6.54 Å². The van der Waals surface area contributed by atoms with E-state index in [9.17, 15) is 13.5 Å². The first-order chi connectivity index (χ1) is 10.2. The van der Waals surface area contributed by atoms with E-state index in [0.717, 1.165) is 12.8 Å². The Hall–Kier alpha value is -0.170. The zero-order valence-electron chi connectivity index (χ0n) is 14.6. The van der Waals surface area contributed by atoms with Gasteiger partial charge in [-0.2, -0.15) is 8.42 Å². The molecule has 134 valence electrons. The van der Waals surface area contributed by atoms with Crippen LogP contribution < -0.4 is 0 Å². The summed E-state index contributed by atoms with van der Waals surface area (Å²) in [5.74, 6) is -0.599. The van der Waals surface area contributed by atoms with Gasteiger partial charge < -0.3 is 9.59 Å². The fraction of sp³-hybridized carbons (Fsp3) is 1.00. The molecule has 0 aromatic rings. The lowest BCUT2D eigenvalue weighted by molar-refractivity contribution is -0.933. The summed E-state index contributed by atoms with van der Waals surface area (Å²) < 4.78 is 30.6. The van der Waals surface area contributed by atoms with Gasteiger partial charge in [-0.05, 0) is 12.8 Å². The molecule has 0 bridgehead atoms. The van der Waals surface area contributed by atoms with Crippen molar-refractivity contribution in [3.8, 4) is 0 Å². The zero-order chi connectivity index (χ0) is 17.1. The standard InChI is InChI=1S/C16H35NO4S/c1-4-5-6-7-8-9-10-11-12-13-14-17(2,3)16(18)15-22(19,20)21/h16,18H,4-15H2,1-3H3/p+1. The van der Waals surface area contributed by atoms with Crippen molar-refractivity contribution in [2.24, 2.45) is 0 Å². The number of nitrogens with zero attached hydrogens (tertiary/aromatic N) is 1. The number of aliphatic hydroxyl groups excluding tert-OH is 1. The summed E-state index contributed by atoms with van der Waals surface area (Å²) in [7, 11) is -0.534. The summed E-state index contributed by atoms with van der Waals surface area (Å²) in [5, 5.41) is 9.89. The van der Waals surface area contributed by atoms with E-state index in [1.54, 1.807) is 14.1 Å². The Bertz CT molecular complexity index is 368. The first-order valence-electron chi connectivity index (χ1n) is 8.65. The highest BCUT2D eigenvalue weighted by molar-refractivity contribution is 7.85. The van der Waals surface area contributed by atoms with Crippen molar-refractivity contribution in [1.29, 1.82) is 0 Å². The SMILES string of the molecule is CCCCCCCCCCCC[N+](C)(C)C(O)CS(=O)(=O)O. The molecule has 1 atom stereocenters. The fourth-order valence-corrected chi connectivity index (χ4v) is 3.33. The van der Waals surface area contributed by atoms with Crippen LogP contribution in [0.1, 0.15) is 71.1 Å². The minimum Gasteiger partial charge on any atom is -0.344 e. The molecular formula is C16H36NO4S+. The van der Waals surface area contributed by atoms with Gasteiger partial charge in [0, 0.05) is 0 Å². The molecule has 6 heteroatoms. The van der Waals surface area contributed by atoms with Crippen molar-refractivity contribution in [2.45, 2.75) is 77.4 Å². The van der Waals surface area contributed by atoms with Crippen LogP contribution in [0.15, 0.2) is 0 Å². The first-order valence-corrected chi connectivity index (χ1v) is 10.3. The molecule has 0 aromatic carbocycles. The van der Waals surface area contributed by atoms with Gasteiger partial charge in [0.15, 0.2) is 5.75 Å². The van der Waals surface area contributed by atoms with E-state index in [4.69, 9.17) is 4.55 Å². The first kappa shape index (κ1) is 21.8. The van der Waals surface area contributed by atoms with E-state index in [2.05, 4.69) is 6.92 Å². The van der Waals surface area contributed by atoms with Crippen molar-refractivity contribution >= 4 is 10.1 Å². The molecule has 22 heavy (non-hydrogen) atoms. The Morgan fingerprint density at radius 3 is 1.68 bits per heavy atom. The van der Waals surface area contributed by atoms with Crippen LogP contribution in [0.2, 0.25) is 0 Å². The molecule has 5 nitrogen and oxygen atoms in total. The van der Waals surface area contributed by atoms with E-state index in [1.165, 1.54) is 51.4 Å². The highest BCUT2D eigenvalue weighted by Gasteiger charge is 2.29. The molecule has 0 fully saturated rings. The van der Waals surface area contributed by atoms with Crippen LogP contribution in [0, 0.1) is 0 Å². The van der Waals surface area contributed by atoms with Gasteiger partial charge in [-0.1, -0.05) is 58.3 Å². The molecule has 0 spiro atoms. The summed E-state index contributed by atoms with van der Waals surface area (Å²) in [6.07, 6.45) is 11.4. The highest BCUT2D eigenvalue weighted by Crippen LogP contribution is 2.13. The van der Waals surface area contributed by atoms with Crippen LogP contribution in [-0.2, 0) is 10.1 Å². The number of unbranched alkanes of at least 4 members (excludes halogenated alkanes) is 9. The summed E-state index contributed by atoms with van der Waals surface area (Å²) in [5.41, 5.74) is 0. The maximum atomic E-state index is 10.8. The average Bonchev–Trinajstić information content (AvgIpc) is 2.39. The minimum absolute atomic E-state index is 0.205. The lowest BCUT2D eigenvalue weighted by atomic mass is 10.1. The third kappa shape index (κ3) is 12.4. The molecule has 0 aliphatic rings. The molecule has 0 aliphatic carbocycles. The van der Waals surface area contributed by atoms with E-state index >= 15 is 0 Å². The predicted molar refractivity (Wildman–Crippen MR) is 91.2 cm³/mol. The monoisotopic (exact) mass is 338 g/mol. The van der Waals surface area contributed by atoms with E-state index < -0.39 is 22.1 Å². The average molecular weight is 339 g/mol. The number of quaternary nitrogens is 1. The topological polar surface area (TPSA) is 74.6 Å². The molecule has 0 radical (unpaired) electrons. The number of hydrogen-bond acceptors (Lipinski definition) is 3. The Labute approximate surface area is 137 Å². The zero-order valence-corrected chi connectivity index (χ0v) is 15.4. The van der Waals surface area contributed by atoms with Gasteiger partial charge in [0.1, 0.15) is 0 Å². The number of hydrogen-bond donors (Lipinski definition) is 2. The normalized spacial score (nSPS) is 14.2. The quantitative estimate of drug-likeness (QED) is 0.221. The van der Waals surface area contributed by atoms with Gasteiger partial charge in [-0.15, -0.1) is 0 Å². The second kappa shape index (κ2) is 11.4. The van der Waals surface area contributed by atoms with Crippen LogP contribution in [0.4, 0.5) is 0 Å². The van der Waals surface area contributed by atoms with Crippen LogP contribution in [0.25, 0.3) is 0 Å². The summed E-state index contributed by atoms with van der Waals surface area (Å²) in [6, 6.07) is 0. The van der Waals surface area contributed by atoms with Gasteiger partial charge in [0.25, 0.3) is 10.1 Å². The minimum atomic E-state index is -4.12. The smallest absolute Gasteiger partial charge is 0.273 e. The Morgan fingerprint density at radius 1 is 0.864 bits per heavy atom. The Morgan fingerprint density at radius 2 is 1.27 bits per heavy atom. The summed E-state index contributed by atoms with van der Waals surface area (Å²) >= 11 is 0. The predicted octanol–water partition coefficient (Wildman–Crippen LogP) is 3.19. The molecule has 0 heterocycles. The largest absolute Gasteiger partial charge is 0.344 e. The third-order valence-electron chi connectivity index (χ3n) is 4.25. The molecule has 0 aliphatic heterocycles. The van der Waals surface area contributed by atoms with Crippen LogP contribution >= 0.6 is 0 Å². The fourth-order valence-electron chi connectivity index (χ4n) is 2.55. The van der Waals surface area contributed by atoms with Crippen LogP contribution in [0.5, 0.6) is 0 Å². The van der Waals surface area contributed by atoms with Gasteiger partial charge in [-0.3, -0.25) is 4.55 Å². The summed E-state index contributed by atoms with van der Waals surface area (Å²) in [6.45, 7) is 2.94. The number of rotatable bonds is 14.